The molecule has 0 unspecified atom stereocenters. The minimum Gasteiger partial charge on any atom is -0.381 e. The topological polar surface area (TPSA) is 9.23 Å². The highest BCUT2D eigenvalue weighted by atomic mass is 32.1. The molecule has 1 aliphatic heterocycles. The third-order valence-corrected chi connectivity index (χ3v) is 3.73. The van der Waals surface area contributed by atoms with Gasteiger partial charge in [0.25, 0.3) is 0 Å². The SMILES string of the molecule is Cc1ccc(C[C@@H]2COCC[C@@H]2S)cc1. The first-order valence-corrected chi connectivity index (χ1v) is 6.08. The zero-order chi connectivity index (χ0) is 10.7. The second-order valence-corrected chi connectivity index (χ2v) is 5.04. The Morgan fingerprint density at radius 3 is 2.73 bits per heavy atom. The Morgan fingerprint density at radius 2 is 2.07 bits per heavy atom. The monoisotopic (exact) mass is 222 g/mol. The van der Waals surface area contributed by atoms with Gasteiger partial charge < -0.3 is 4.74 Å². The fourth-order valence-corrected chi connectivity index (χ4v) is 2.30. The average Bonchev–Trinajstić information content (AvgIpc) is 2.25. The van der Waals surface area contributed by atoms with Gasteiger partial charge in [-0.2, -0.15) is 12.6 Å². The molecule has 1 aliphatic rings. The van der Waals surface area contributed by atoms with Gasteiger partial charge in [0.1, 0.15) is 0 Å². The molecule has 1 heterocycles. The smallest absolute Gasteiger partial charge is 0.0507 e. The van der Waals surface area contributed by atoms with Gasteiger partial charge in [0.05, 0.1) is 6.61 Å². The van der Waals surface area contributed by atoms with E-state index in [0.29, 0.717) is 11.2 Å². The van der Waals surface area contributed by atoms with Crippen molar-refractivity contribution in [1.29, 1.82) is 0 Å². The molecule has 1 aromatic carbocycles. The summed E-state index contributed by atoms with van der Waals surface area (Å²) in [7, 11) is 0. The molecule has 2 atom stereocenters. The summed E-state index contributed by atoms with van der Waals surface area (Å²) >= 11 is 4.63. The van der Waals surface area contributed by atoms with Gasteiger partial charge in [-0.05, 0) is 31.2 Å². The van der Waals surface area contributed by atoms with Crippen LogP contribution in [0.1, 0.15) is 17.5 Å². The largest absolute Gasteiger partial charge is 0.381 e. The number of hydrogen-bond donors (Lipinski definition) is 1. The summed E-state index contributed by atoms with van der Waals surface area (Å²) in [6.45, 7) is 3.86. The molecule has 82 valence electrons. The van der Waals surface area contributed by atoms with Crippen LogP contribution in [0.4, 0.5) is 0 Å². The van der Waals surface area contributed by atoms with Gasteiger partial charge in [0.2, 0.25) is 0 Å². The molecule has 1 nitrogen and oxygen atoms in total. The van der Waals surface area contributed by atoms with Crippen molar-refractivity contribution < 1.29 is 4.74 Å². The van der Waals surface area contributed by atoms with Crippen LogP contribution in [0.25, 0.3) is 0 Å². The highest BCUT2D eigenvalue weighted by Crippen LogP contribution is 2.23. The van der Waals surface area contributed by atoms with E-state index < -0.39 is 0 Å². The minimum atomic E-state index is 0.500. The summed E-state index contributed by atoms with van der Waals surface area (Å²) < 4.78 is 5.50. The van der Waals surface area contributed by atoms with Gasteiger partial charge >= 0.3 is 0 Å². The third kappa shape index (κ3) is 2.99. The fourth-order valence-electron chi connectivity index (χ4n) is 2.01. The van der Waals surface area contributed by atoms with Crippen LogP contribution in [0.5, 0.6) is 0 Å². The maximum absolute atomic E-state index is 5.50. The molecule has 0 aliphatic carbocycles. The van der Waals surface area contributed by atoms with Crippen LogP contribution in [-0.2, 0) is 11.2 Å². The van der Waals surface area contributed by atoms with Crippen molar-refractivity contribution in [3.8, 4) is 0 Å². The van der Waals surface area contributed by atoms with E-state index in [4.69, 9.17) is 4.74 Å². The summed E-state index contributed by atoms with van der Waals surface area (Å²) in [6.07, 6.45) is 2.17. The second kappa shape index (κ2) is 5.04. The number of benzene rings is 1. The number of ether oxygens (including phenoxy) is 1. The highest BCUT2D eigenvalue weighted by Gasteiger charge is 2.22. The lowest BCUT2D eigenvalue weighted by molar-refractivity contribution is 0.0596. The van der Waals surface area contributed by atoms with Crippen molar-refractivity contribution in [2.45, 2.75) is 25.0 Å². The normalized spacial score (nSPS) is 26.5. The Labute approximate surface area is 97.2 Å². The zero-order valence-electron chi connectivity index (χ0n) is 9.15. The molecule has 1 fully saturated rings. The molecular weight excluding hydrogens is 204 g/mol. The quantitative estimate of drug-likeness (QED) is 0.757. The lowest BCUT2D eigenvalue weighted by atomic mass is 9.93. The third-order valence-electron chi connectivity index (χ3n) is 3.05. The van der Waals surface area contributed by atoms with Crippen molar-refractivity contribution >= 4 is 12.6 Å². The fraction of sp³-hybridized carbons (Fsp3) is 0.538. The molecule has 0 aromatic heterocycles. The molecule has 2 rings (SSSR count). The molecular formula is C13H18OS. The summed E-state index contributed by atoms with van der Waals surface area (Å²) in [5.74, 6) is 0.574. The molecule has 0 spiro atoms. The zero-order valence-corrected chi connectivity index (χ0v) is 10.0. The van der Waals surface area contributed by atoms with E-state index in [1.165, 1.54) is 11.1 Å². The molecule has 0 N–H and O–H groups in total. The van der Waals surface area contributed by atoms with Crippen LogP contribution in [0.3, 0.4) is 0 Å². The Hall–Kier alpha value is -0.470. The van der Waals surface area contributed by atoms with Gasteiger partial charge in [0, 0.05) is 11.9 Å². The summed E-state index contributed by atoms with van der Waals surface area (Å²) in [5.41, 5.74) is 2.72. The first kappa shape index (κ1) is 11.0. The van der Waals surface area contributed by atoms with Crippen molar-refractivity contribution in [2.75, 3.05) is 13.2 Å². The maximum atomic E-state index is 5.50. The van der Waals surface area contributed by atoms with Crippen LogP contribution < -0.4 is 0 Å². The van der Waals surface area contributed by atoms with E-state index in [1.807, 2.05) is 0 Å². The Kier molecular flexibility index (Phi) is 3.71. The van der Waals surface area contributed by atoms with Crippen LogP contribution in [-0.4, -0.2) is 18.5 Å². The molecule has 1 saturated heterocycles. The molecule has 0 bridgehead atoms. The summed E-state index contributed by atoms with van der Waals surface area (Å²) in [6, 6.07) is 8.77. The number of aryl methyl sites for hydroxylation is 1. The van der Waals surface area contributed by atoms with Gasteiger partial charge in [-0.3, -0.25) is 0 Å². The highest BCUT2D eigenvalue weighted by molar-refractivity contribution is 7.81. The van der Waals surface area contributed by atoms with Crippen molar-refractivity contribution in [1.82, 2.24) is 0 Å². The first-order chi connectivity index (χ1) is 7.25. The van der Waals surface area contributed by atoms with E-state index >= 15 is 0 Å². The predicted molar refractivity (Wildman–Crippen MR) is 66.6 cm³/mol. The van der Waals surface area contributed by atoms with Crippen LogP contribution in [0.15, 0.2) is 24.3 Å². The van der Waals surface area contributed by atoms with Gasteiger partial charge in [0.15, 0.2) is 0 Å². The minimum absolute atomic E-state index is 0.500. The Morgan fingerprint density at radius 1 is 1.33 bits per heavy atom. The molecule has 2 heteroatoms. The van der Waals surface area contributed by atoms with Gasteiger partial charge in [-0.25, -0.2) is 0 Å². The lowest BCUT2D eigenvalue weighted by Gasteiger charge is -2.28. The van der Waals surface area contributed by atoms with Crippen LogP contribution in [0, 0.1) is 12.8 Å². The van der Waals surface area contributed by atoms with Crippen LogP contribution in [0.2, 0.25) is 0 Å². The molecule has 15 heavy (non-hydrogen) atoms. The van der Waals surface area contributed by atoms with Gasteiger partial charge in [-0.15, -0.1) is 0 Å². The number of hydrogen-bond acceptors (Lipinski definition) is 2. The molecule has 1 aromatic rings. The van der Waals surface area contributed by atoms with E-state index in [1.54, 1.807) is 0 Å². The number of rotatable bonds is 2. The van der Waals surface area contributed by atoms with Crippen molar-refractivity contribution in [3.63, 3.8) is 0 Å². The van der Waals surface area contributed by atoms with E-state index in [2.05, 4.69) is 43.8 Å². The second-order valence-electron chi connectivity index (χ2n) is 4.38. The maximum Gasteiger partial charge on any atom is 0.0507 e. The summed E-state index contributed by atoms with van der Waals surface area (Å²) in [5, 5.41) is 0.500. The number of thiol groups is 1. The molecule has 0 saturated carbocycles. The Balaban J connectivity index is 1.98. The van der Waals surface area contributed by atoms with Crippen molar-refractivity contribution in [3.05, 3.63) is 35.4 Å². The predicted octanol–water partition coefficient (Wildman–Crippen LogP) is 2.87. The van der Waals surface area contributed by atoms with Crippen molar-refractivity contribution in [2.24, 2.45) is 5.92 Å². The van der Waals surface area contributed by atoms with E-state index in [-0.39, 0.29) is 0 Å². The lowest BCUT2D eigenvalue weighted by Crippen LogP contribution is -2.29. The average molecular weight is 222 g/mol. The first-order valence-electron chi connectivity index (χ1n) is 5.57. The standard InChI is InChI=1S/C13H18OS/c1-10-2-4-11(5-3-10)8-12-9-14-7-6-13(12)15/h2-5,12-13,15H,6-9H2,1H3/t12-,13+/m1/s1. The summed E-state index contributed by atoms with van der Waals surface area (Å²) in [4.78, 5) is 0. The van der Waals surface area contributed by atoms with E-state index in [9.17, 15) is 0 Å². The Bertz CT molecular complexity index is 307. The van der Waals surface area contributed by atoms with Crippen LogP contribution >= 0.6 is 12.6 Å². The van der Waals surface area contributed by atoms with E-state index in [0.717, 1.165) is 26.1 Å². The molecule has 0 amide bonds. The molecule has 0 radical (unpaired) electrons. The van der Waals surface area contributed by atoms with Gasteiger partial charge in [-0.1, -0.05) is 29.8 Å².